The number of hydrogen-bond acceptors (Lipinski definition) is 2. The third-order valence-corrected chi connectivity index (χ3v) is 4.79. The molecule has 1 aliphatic heterocycles. The van der Waals surface area contributed by atoms with Crippen LogP contribution in [0.1, 0.15) is 51.0 Å². The van der Waals surface area contributed by atoms with Crippen molar-refractivity contribution in [3.63, 3.8) is 0 Å². The molecule has 0 amide bonds. The van der Waals surface area contributed by atoms with Crippen LogP contribution in [0.2, 0.25) is 0 Å². The quantitative estimate of drug-likeness (QED) is 0.748. The van der Waals surface area contributed by atoms with Crippen LogP contribution in [0, 0.1) is 0 Å². The van der Waals surface area contributed by atoms with Gasteiger partial charge in [-0.2, -0.15) is 0 Å². The minimum Gasteiger partial charge on any atom is -0.491 e. The summed E-state index contributed by atoms with van der Waals surface area (Å²) in [5, 5.41) is 2.32. The van der Waals surface area contributed by atoms with Gasteiger partial charge in [0.1, 0.15) is 12.4 Å². The number of hydrogen-bond donors (Lipinski definition) is 0. The smallest absolute Gasteiger partial charge is 0.119 e. The average Bonchev–Trinajstić information content (AvgIpc) is 2.65. The maximum absolute atomic E-state index is 5.98. The maximum Gasteiger partial charge on any atom is 0.119 e. The normalized spacial score (nSPS) is 17.3. The van der Waals surface area contributed by atoms with Gasteiger partial charge in [-0.15, -0.1) is 0 Å². The summed E-state index contributed by atoms with van der Waals surface area (Å²) >= 11 is 0. The van der Waals surface area contributed by atoms with Crippen LogP contribution in [0.15, 0.2) is 53.5 Å². The van der Waals surface area contributed by atoms with Crippen molar-refractivity contribution in [3.05, 3.63) is 64.7 Å². The average molecular weight is 321 g/mol. The van der Waals surface area contributed by atoms with E-state index in [0.717, 1.165) is 17.5 Å². The van der Waals surface area contributed by atoms with E-state index in [1.807, 2.05) is 6.07 Å². The van der Waals surface area contributed by atoms with Gasteiger partial charge in [0.05, 0.1) is 11.4 Å². The largest absolute Gasteiger partial charge is 0.491 e. The molecule has 2 nitrogen and oxygen atoms in total. The van der Waals surface area contributed by atoms with E-state index < -0.39 is 0 Å². The molecule has 0 saturated heterocycles. The van der Waals surface area contributed by atoms with Gasteiger partial charge in [0.25, 0.3) is 0 Å². The Bertz CT molecular complexity index is 763. The minimum atomic E-state index is 0.211. The summed E-state index contributed by atoms with van der Waals surface area (Å²) in [4.78, 5) is 4.79. The Morgan fingerprint density at radius 3 is 2.62 bits per heavy atom. The number of para-hydroxylation sites is 1. The number of rotatable bonds is 7. The van der Waals surface area contributed by atoms with Crippen molar-refractivity contribution in [2.75, 3.05) is 6.61 Å². The molecule has 2 heteroatoms. The third-order valence-electron chi connectivity index (χ3n) is 4.79. The molecule has 1 heterocycles. The summed E-state index contributed by atoms with van der Waals surface area (Å²) < 4.78 is 5.98. The topological polar surface area (TPSA) is 21.6 Å². The lowest BCUT2D eigenvalue weighted by molar-refractivity contribution is 0.288. The predicted molar refractivity (Wildman–Crippen MR) is 100.0 cm³/mol. The van der Waals surface area contributed by atoms with Gasteiger partial charge >= 0.3 is 0 Å². The molecule has 0 radical (unpaired) electrons. The molecule has 0 fully saturated rings. The number of benzene rings is 2. The second kappa shape index (κ2) is 8.14. The zero-order valence-corrected chi connectivity index (χ0v) is 14.7. The lowest BCUT2D eigenvalue weighted by Crippen LogP contribution is -2.32. The standard InChI is InChI=1S/C22H27NO/c1-3-7-17(4-2)18-11-14-21(15-12-18)24-16-20-13-10-19-8-5-6-9-22(19)23-20/h5-6,8-12,14-15,17,20H,3-4,7,13,16H2,1-2H3. The van der Waals surface area contributed by atoms with E-state index in [9.17, 15) is 0 Å². The van der Waals surface area contributed by atoms with Crippen LogP contribution in [0.25, 0.3) is 6.08 Å². The number of ether oxygens (including phenoxy) is 1. The molecule has 24 heavy (non-hydrogen) atoms. The zero-order valence-electron chi connectivity index (χ0n) is 14.7. The van der Waals surface area contributed by atoms with Gasteiger partial charge in [0.2, 0.25) is 0 Å². The fraction of sp³-hybridized carbons (Fsp3) is 0.409. The molecule has 0 aliphatic carbocycles. The summed E-state index contributed by atoms with van der Waals surface area (Å²) in [5.74, 6) is 1.61. The molecule has 126 valence electrons. The molecule has 2 unspecified atom stereocenters. The molecule has 0 spiro atoms. The molecule has 0 N–H and O–H groups in total. The van der Waals surface area contributed by atoms with Crippen molar-refractivity contribution in [2.24, 2.45) is 4.99 Å². The Kier molecular flexibility index (Phi) is 5.68. The molecule has 0 saturated carbocycles. The van der Waals surface area contributed by atoms with Gasteiger partial charge in [-0.3, -0.25) is 4.99 Å². The van der Waals surface area contributed by atoms with E-state index >= 15 is 0 Å². The SMILES string of the molecule is CCCC(CC)c1ccc(OCC2CC=c3ccccc3=N2)cc1. The molecule has 3 rings (SSSR count). The van der Waals surface area contributed by atoms with E-state index in [4.69, 9.17) is 9.73 Å². The van der Waals surface area contributed by atoms with Crippen LogP contribution in [-0.4, -0.2) is 12.6 Å². The lowest BCUT2D eigenvalue weighted by atomic mass is 9.92. The fourth-order valence-electron chi connectivity index (χ4n) is 3.38. The van der Waals surface area contributed by atoms with Crippen molar-refractivity contribution in [1.29, 1.82) is 0 Å². The lowest BCUT2D eigenvalue weighted by Gasteiger charge is -2.17. The van der Waals surface area contributed by atoms with Crippen LogP contribution in [-0.2, 0) is 0 Å². The first-order valence-electron chi connectivity index (χ1n) is 9.16. The highest BCUT2D eigenvalue weighted by atomic mass is 16.5. The second-order valence-corrected chi connectivity index (χ2v) is 6.56. The van der Waals surface area contributed by atoms with Crippen molar-refractivity contribution in [3.8, 4) is 5.75 Å². The van der Waals surface area contributed by atoms with Crippen molar-refractivity contribution >= 4 is 6.08 Å². The van der Waals surface area contributed by atoms with Gasteiger partial charge in [-0.1, -0.05) is 56.7 Å². The Hall–Kier alpha value is -2.09. The highest BCUT2D eigenvalue weighted by Crippen LogP contribution is 2.26. The maximum atomic E-state index is 5.98. The molecular weight excluding hydrogens is 294 g/mol. The van der Waals surface area contributed by atoms with E-state index in [0.29, 0.717) is 12.5 Å². The van der Waals surface area contributed by atoms with E-state index in [1.165, 1.54) is 30.0 Å². The molecule has 2 atom stereocenters. The minimum absolute atomic E-state index is 0.211. The predicted octanol–water partition coefficient (Wildman–Crippen LogP) is 4.23. The molecule has 1 aliphatic rings. The summed E-state index contributed by atoms with van der Waals surface area (Å²) in [6, 6.07) is 17.2. The van der Waals surface area contributed by atoms with Crippen molar-refractivity contribution < 1.29 is 4.74 Å². The fourth-order valence-corrected chi connectivity index (χ4v) is 3.38. The second-order valence-electron chi connectivity index (χ2n) is 6.56. The van der Waals surface area contributed by atoms with Crippen LogP contribution >= 0.6 is 0 Å². The van der Waals surface area contributed by atoms with Crippen molar-refractivity contribution in [1.82, 2.24) is 0 Å². The van der Waals surface area contributed by atoms with Crippen LogP contribution in [0.3, 0.4) is 0 Å². The monoisotopic (exact) mass is 321 g/mol. The first kappa shape index (κ1) is 16.8. The van der Waals surface area contributed by atoms with Gasteiger partial charge in [0.15, 0.2) is 0 Å². The van der Waals surface area contributed by atoms with E-state index in [2.05, 4.69) is 62.4 Å². The van der Waals surface area contributed by atoms with Gasteiger partial charge < -0.3 is 4.74 Å². The Morgan fingerprint density at radius 1 is 1.08 bits per heavy atom. The van der Waals surface area contributed by atoms with Crippen LogP contribution in [0.5, 0.6) is 5.75 Å². The summed E-state index contributed by atoms with van der Waals surface area (Å²) in [6.07, 6.45) is 6.90. The third kappa shape index (κ3) is 4.05. The molecular formula is C22H27NO. The first-order valence-corrected chi connectivity index (χ1v) is 9.16. The van der Waals surface area contributed by atoms with Gasteiger partial charge in [0, 0.05) is 0 Å². The van der Waals surface area contributed by atoms with Crippen molar-refractivity contribution in [2.45, 2.75) is 51.5 Å². The Morgan fingerprint density at radius 2 is 1.88 bits per heavy atom. The van der Waals surface area contributed by atoms with Crippen LogP contribution < -0.4 is 15.3 Å². The highest BCUT2D eigenvalue weighted by Gasteiger charge is 2.11. The van der Waals surface area contributed by atoms with E-state index in [1.54, 1.807) is 0 Å². The Labute approximate surface area is 144 Å². The zero-order chi connectivity index (χ0) is 16.8. The van der Waals surface area contributed by atoms with E-state index in [-0.39, 0.29) is 6.04 Å². The molecule has 2 aromatic rings. The number of nitrogens with zero attached hydrogens (tertiary/aromatic N) is 1. The van der Waals surface area contributed by atoms with Crippen LogP contribution in [0.4, 0.5) is 0 Å². The molecule has 0 aromatic heterocycles. The van der Waals surface area contributed by atoms with Gasteiger partial charge in [-0.05, 0) is 54.2 Å². The molecule has 2 aromatic carbocycles. The Balaban J connectivity index is 1.60. The summed E-state index contributed by atoms with van der Waals surface area (Å²) in [5.41, 5.74) is 1.43. The highest BCUT2D eigenvalue weighted by molar-refractivity contribution is 5.30. The number of fused-ring (bicyclic) bond motifs is 1. The summed E-state index contributed by atoms with van der Waals surface area (Å²) in [7, 11) is 0. The molecule has 0 bridgehead atoms. The van der Waals surface area contributed by atoms with Gasteiger partial charge in [-0.25, -0.2) is 0 Å². The summed E-state index contributed by atoms with van der Waals surface area (Å²) in [6.45, 7) is 5.16. The first-order chi connectivity index (χ1) is 11.8.